The quantitative estimate of drug-likeness (QED) is 0.225. The topological polar surface area (TPSA) is 86.8 Å². The van der Waals surface area contributed by atoms with Crippen LogP contribution in [0, 0.1) is 0 Å². The van der Waals surface area contributed by atoms with Gasteiger partial charge in [0.1, 0.15) is 12.6 Å². The minimum atomic E-state index is -4.20. The summed E-state index contributed by atoms with van der Waals surface area (Å²) < 4.78 is 28.9. The van der Waals surface area contributed by atoms with Gasteiger partial charge < -0.3 is 10.2 Å². The lowest BCUT2D eigenvalue weighted by molar-refractivity contribution is -0.140. The lowest BCUT2D eigenvalue weighted by Gasteiger charge is -2.34. The summed E-state index contributed by atoms with van der Waals surface area (Å²) in [5, 5.41) is 3.13. The number of para-hydroxylation sites is 1. The fourth-order valence-corrected chi connectivity index (χ4v) is 6.34. The van der Waals surface area contributed by atoms with Crippen LogP contribution < -0.4 is 9.62 Å². The summed E-state index contributed by atoms with van der Waals surface area (Å²) in [5.41, 5.74) is 1.84. The highest BCUT2D eigenvalue weighted by Gasteiger charge is 2.35. The van der Waals surface area contributed by atoms with Gasteiger partial charge in [-0.15, -0.1) is 0 Å². The highest BCUT2D eigenvalue weighted by molar-refractivity contribution is 7.92. The second-order valence-corrected chi connectivity index (χ2v) is 12.4. The molecule has 4 aromatic rings. The summed E-state index contributed by atoms with van der Waals surface area (Å²) in [4.78, 5) is 29.5. The summed E-state index contributed by atoms with van der Waals surface area (Å²) in [5.74, 6) is -0.869. The smallest absolute Gasteiger partial charge is 0.264 e. The molecule has 4 aromatic carbocycles. The Morgan fingerprint density at radius 3 is 1.86 bits per heavy atom. The van der Waals surface area contributed by atoms with Crippen LogP contribution >= 0.6 is 11.6 Å². The van der Waals surface area contributed by atoms with Gasteiger partial charge in [-0.05, 0) is 49.2 Å². The number of hydrogen-bond acceptors (Lipinski definition) is 4. The van der Waals surface area contributed by atoms with Gasteiger partial charge in [-0.1, -0.05) is 103 Å². The normalized spacial score (nSPS) is 12.0. The molecule has 0 saturated heterocycles. The summed E-state index contributed by atoms with van der Waals surface area (Å²) in [6.45, 7) is 3.25. The van der Waals surface area contributed by atoms with Crippen molar-refractivity contribution in [3.63, 3.8) is 0 Å². The second-order valence-electron chi connectivity index (χ2n) is 10.2. The Hall–Kier alpha value is -4.14. The number of halogens is 1. The van der Waals surface area contributed by atoms with E-state index < -0.39 is 28.5 Å². The number of sulfonamides is 1. The molecule has 0 aliphatic rings. The first-order valence-electron chi connectivity index (χ1n) is 13.7. The third-order valence-corrected chi connectivity index (χ3v) is 8.72. The van der Waals surface area contributed by atoms with Gasteiger partial charge in [-0.2, -0.15) is 0 Å². The number of amides is 2. The standard InChI is InChI=1S/C33H34ClN3O4S/c1-25(2)35-33(39)31(22-26-14-6-3-7-15-26)36(23-27-16-8-4-9-17-27)32(38)24-37(30-21-13-12-20-29(30)34)42(40,41)28-18-10-5-11-19-28/h3-21,25,31H,22-24H2,1-2H3,(H,35,39)/t31-/m1/s1. The van der Waals surface area contributed by atoms with Crippen LogP contribution in [0.2, 0.25) is 5.02 Å². The van der Waals surface area contributed by atoms with Crippen molar-refractivity contribution in [1.82, 2.24) is 10.2 Å². The van der Waals surface area contributed by atoms with Gasteiger partial charge in [0.15, 0.2) is 0 Å². The van der Waals surface area contributed by atoms with Crippen LogP contribution in [0.25, 0.3) is 0 Å². The number of nitrogens with zero attached hydrogens (tertiary/aromatic N) is 2. The molecule has 4 rings (SSSR count). The predicted octanol–water partition coefficient (Wildman–Crippen LogP) is 5.70. The Morgan fingerprint density at radius 2 is 1.29 bits per heavy atom. The zero-order valence-electron chi connectivity index (χ0n) is 23.6. The maximum absolute atomic E-state index is 14.3. The van der Waals surface area contributed by atoms with E-state index in [0.29, 0.717) is 0 Å². The molecule has 2 amide bonds. The average Bonchev–Trinajstić information content (AvgIpc) is 2.99. The van der Waals surface area contributed by atoms with Crippen LogP contribution in [0.3, 0.4) is 0 Å². The predicted molar refractivity (Wildman–Crippen MR) is 167 cm³/mol. The highest BCUT2D eigenvalue weighted by Crippen LogP contribution is 2.31. The molecule has 9 heteroatoms. The minimum absolute atomic E-state index is 0.0192. The Kier molecular flexibility index (Phi) is 10.4. The van der Waals surface area contributed by atoms with E-state index in [4.69, 9.17) is 11.6 Å². The number of carbonyl (C=O) groups is 2. The zero-order valence-corrected chi connectivity index (χ0v) is 25.1. The molecule has 0 aliphatic carbocycles. The van der Waals surface area contributed by atoms with Crippen LogP contribution in [-0.4, -0.2) is 43.8 Å². The zero-order chi connectivity index (χ0) is 30.1. The van der Waals surface area contributed by atoms with E-state index in [1.807, 2.05) is 74.5 Å². The van der Waals surface area contributed by atoms with Crippen molar-refractivity contribution in [1.29, 1.82) is 0 Å². The molecule has 218 valence electrons. The van der Waals surface area contributed by atoms with Crippen LogP contribution in [0.1, 0.15) is 25.0 Å². The Balaban J connectivity index is 1.79. The van der Waals surface area contributed by atoms with E-state index in [0.717, 1.165) is 15.4 Å². The largest absolute Gasteiger partial charge is 0.352 e. The van der Waals surface area contributed by atoms with Crippen LogP contribution in [0.4, 0.5) is 5.69 Å². The van der Waals surface area contributed by atoms with Crippen molar-refractivity contribution in [2.24, 2.45) is 0 Å². The number of hydrogen-bond donors (Lipinski definition) is 1. The van der Waals surface area contributed by atoms with Crippen LogP contribution in [0.15, 0.2) is 120 Å². The van der Waals surface area contributed by atoms with Gasteiger partial charge in [0, 0.05) is 19.0 Å². The van der Waals surface area contributed by atoms with Crippen molar-refractivity contribution < 1.29 is 18.0 Å². The third kappa shape index (κ3) is 7.78. The summed E-state index contributed by atoms with van der Waals surface area (Å²) in [6, 6.07) is 32.1. The van der Waals surface area contributed by atoms with E-state index in [-0.39, 0.29) is 40.5 Å². The summed E-state index contributed by atoms with van der Waals surface area (Å²) >= 11 is 6.49. The SMILES string of the molecule is CC(C)NC(=O)[C@@H](Cc1ccccc1)N(Cc1ccccc1)C(=O)CN(c1ccccc1Cl)S(=O)(=O)c1ccccc1. The monoisotopic (exact) mass is 603 g/mol. The number of nitrogens with one attached hydrogen (secondary N) is 1. The van der Waals surface area contributed by atoms with Gasteiger partial charge in [-0.3, -0.25) is 13.9 Å². The third-order valence-electron chi connectivity index (χ3n) is 6.63. The molecule has 0 aliphatic heterocycles. The summed E-state index contributed by atoms with van der Waals surface area (Å²) in [6.07, 6.45) is 0.246. The van der Waals surface area contributed by atoms with Crippen LogP contribution in [0.5, 0.6) is 0 Å². The molecule has 0 radical (unpaired) electrons. The highest BCUT2D eigenvalue weighted by atomic mass is 35.5. The van der Waals surface area contributed by atoms with Crippen molar-refractivity contribution in [2.45, 2.75) is 43.8 Å². The molecule has 0 fully saturated rings. The Morgan fingerprint density at radius 1 is 0.762 bits per heavy atom. The summed E-state index contributed by atoms with van der Waals surface area (Å²) in [7, 11) is -4.20. The lowest BCUT2D eigenvalue weighted by atomic mass is 10.0. The minimum Gasteiger partial charge on any atom is -0.352 e. The van der Waals surface area contributed by atoms with Gasteiger partial charge in [0.25, 0.3) is 10.0 Å². The number of anilines is 1. The van der Waals surface area contributed by atoms with Gasteiger partial charge >= 0.3 is 0 Å². The molecule has 7 nitrogen and oxygen atoms in total. The maximum atomic E-state index is 14.3. The van der Waals surface area contributed by atoms with E-state index in [2.05, 4.69) is 5.32 Å². The van der Waals surface area contributed by atoms with Gasteiger partial charge in [0.05, 0.1) is 15.6 Å². The Bertz CT molecular complexity index is 1580. The first kappa shape index (κ1) is 30.8. The molecular formula is C33H34ClN3O4S. The maximum Gasteiger partial charge on any atom is 0.264 e. The van der Waals surface area contributed by atoms with Gasteiger partial charge in [0.2, 0.25) is 11.8 Å². The van der Waals surface area contributed by atoms with E-state index >= 15 is 0 Å². The number of rotatable bonds is 12. The molecule has 1 N–H and O–H groups in total. The van der Waals surface area contributed by atoms with E-state index in [1.54, 1.807) is 42.5 Å². The Labute approximate surface area is 252 Å². The molecule has 0 unspecified atom stereocenters. The van der Waals surface area contributed by atoms with E-state index in [1.165, 1.54) is 17.0 Å². The molecule has 42 heavy (non-hydrogen) atoms. The fourth-order valence-electron chi connectivity index (χ4n) is 4.60. The van der Waals surface area contributed by atoms with Crippen molar-refractivity contribution in [3.8, 4) is 0 Å². The number of benzene rings is 4. The average molecular weight is 604 g/mol. The number of carbonyl (C=O) groups excluding carboxylic acids is 2. The second kappa shape index (κ2) is 14.2. The van der Waals surface area contributed by atoms with Crippen molar-refractivity contribution in [3.05, 3.63) is 131 Å². The van der Waals surface area contributed by atoms with Crippen molar-refractivity contribution in [2.75, 3.05) is 10.8 Å². The van der Waals surface area contributed by atoms with E-state index in [9.17, 15) is 18.0 Å². The molecule has 0 heterocycles. The molecule has 0 saturated carbocycles. The lowest BCUT2D eigenvalue weighted by Crippen LogP contribution is -2.54. The molecule has 0 bridgehead atoms. The molecular weight excluding hydrogens is 570 g/mol. The molecule has 0 aromatic heterocycles. The van der Waals surface area contributed by atoms with Crippen LogP contribution in [-0.2, 0) is 32.6 Å². The molecule has 0 spiro atoms. The first-order chi connectivity index (χ1) is 20.2. The van der Waals surface area contributed by atoms with Gasteiger partial charge in [-0.25, -0.2) is 8.42 Å². The molecule has 1 atom stereocenters. The fraction of sp³-hybridized carbons (Fsp3) is 0.212. The first-order valence-corrected chi connectivity index (χ1v) is 15.5. The van der Waals surface area contributed by atoms with Crippen molar-refractivity contribution >= 4 is 39.1 Å².